The zero-order valence-electron chi connectivity index (χ0n) is 8.29. The van der Waals surface area contributed by atoms with Crippen molar-refractivity contribution in [2.45, 2.75) is 10.1 Å². The molecule has 1 N–H and O–H groups in total. The van der Waals surface area contributed by atoms with E-state index in [0.29, 0.717) is 0 Å². The van der Waals surface area contributed by atoms with Gasteiger partial charge < -0.3 is 4.98 Å². The van der Waals surface area contributed by atoms with Crippen molar-refractivity contribution >= 4 is 22.8 Å². The first-order valence-electron chi connectivity index (χ1n) is 4.80. The average Bonchev–Trinajstić information content (AvgIpc) is 2.77. The van der Waals surface area contributed by atoms with Gasteiger partial charge in [-0.3, -0.25) is 0 Å². The largest absolute Gasteiger partial charge is 0.345 e. The summed E-state index contributed by atoms with van der Waals surface area (Å²) in [5, 5.41) is 0.751. The SMILES string of the molecule is c1cnc(Sc2ccc3nc[nH]c3c2)nc1. The number of H-pyrrole nitrogens is 1. The second-order valence-electron chi connectivity index (χ2n) is 3.21. The first kappa shape index (κ1) is 9.35. The molecular weight excluding hydrogens is 220 g/mol. The molecule has 1 aromatic carbocycles. The molecule has 0 aliphatic heterocycles. The maximum Gasteiger partial charge on any atom is 0.192 e. The van der Waals surface area contributed by atoms with Crippen molar-refractivity contribution in [1.29, 1.82) is 0 Å². The fourth-order valence-electron chi connectivity index (χ4n) is 1.42. The molecular formula is C11H8N4S. The highest BCUT2D eigenvalue weighted by Gasteiger charge is 2.01. The smallest absolute Gasteiger partial charge is 0.192 e. The quantitative estimate of drug-likeness (QED) is 0.685. The highest BCUT2D eigenvalue weighted by molar-refractivity contribution is 7.99. The number of imidazole rings is 1. The second-order valence-corrected chi connectivity index (χ2v) is 4.26. The lowest BCUT2D eigenvalue weighted by molar-refractivity contribution is 0.967. The van der Waals surface area contributed by atoms with Crippen LogP contribution in [0.25, 0.3) is 11.0 Å². The van der Waals surface area contributed by atoms with Crippen LogP contribution in [-0.4, -0.2) is 19.9 Å². The Labute approximate surface area is 96.2 Å². The number of nitrogens with zero attached hydrogens (tertiary/aromatic N) is 3. The topological polar surface area (TPSA) is 54.5 Å². The minimum absolute atomic E-state index is 0.751. The van der Waals surface area contributed by atoms with Gasteiger partial charge in [-0.2, -0.15) is 0 Å². The summed E-state index contributed by atoms with van der Waals surface area (Å²) in [5.41, 5.74) is 2.00. The average molecular weight is 228 g/mol. The van der Waals surface area contributed by atoms with Gasteiger partial charge in [-0.25, -0.2) is 15.0 Å². The van der Waals surface area contributed by atoms with Gasteiger partial charge in [0.15, 0.2) is 5.16 Å². The van der Waals surface area contributed by atoms with Gasteiger partial charge >= 0.3 is 0 Å². The summed E-state index contributed by atoms with van der Waals surface area (Å²) in [7, 11) is 0. The molecule has 4 nitrogen and oxygen atoms in total. The standard InChI is InChI=1S/C11H8N4S/c1-4-12-11(13-5-1)16-8-2-3-9-10(6-8)15-7-14-9/h1-7H,(H,14,15). The van der Waals surface area contributed by atoms with Crippen LogP contribution in [0.3, 0.4) is 0 Å². The summed E-state index contributed by atoms with van der Waals surface area (Å²) >= 11 is 1.54. The van der Waals surface area contributed by atoms with E-state index < -0.39 is 0 Å². The molecule has 0 aliphatic rings. The minimum atomic E-state index is 0.751. The molecule has 0 unspecified atom stereocenters. The number of hydrogen-bond donors (Lipinski definition) is 1. The summed E-state index contributed by atoms with van der Waals surface area (Å²) in [6, 6.07) is 7.85. The van der Waals surface area contributed by atoms with Crippen LogP contribution >= 0.6 is 11.8 Å². The van der Waals surface area contributed by atoms with E-state index in [1.165, 1.54) is 11.8 Å². The first-order valence-corrected chi connectivity index (χ1v) is 5.61. The van der Waals surface area contributed by atoms with E-state index in [-0.39, 0.29) is 0 Å². The molecule has 2 aromatic heterocycles. The van der Waals surface area contributed by atoms with Crippen LogP contribution in [0.15, 0.2) is 53.0 Å². The Morgan fingerprint density at radius 1 is 1.06 bits per heavy atom. The van der Waals surface area contributed by atoms with Gasteiger partial charge in [-0.1, -0.05) is 0 Å². The highest BCUT2D eigenvalue weighted by Crippen LogP contribution is 2.26. The molecule has 0 saturated carbocycles. The van der Waals surface area contributed by atoms with E-state index in [1.807, 2.05) is 24.3 Å². The second kappa shape index (κ2) is 3.94. The molecule has 0 saturated heterocycles. The van der Waals surface area contributed by atoms with E-state index in [0.717, 1.165) is 21.1 Å². The molecule has 0 fully saturated rings. The van der Waals surface area contributed by atoms with Crippen LogP contribution in [0.1, 0.15) is 0 Å². The lowest BCUT2D eigenvalue weighted by Crippen LogP contribution is -1.82. The van der Waals surface area contributed by atoms with Crippen molar-refractivity contribution in [1.82, 2.24) is 19.9 Å². The Bertz CT molecular complexity index is 605. The predicted octanol–water partition coefficient (Wildman–Crippen LogP) is 2.50. The van der Waals surface area contributed by atoms with Crippen LogP contribution in [-0.2, 0) is 0 Å². The third kappa shape index (κ3) is 1.77. The van der Waals surface area contributed by atoms with E-state index in [9.17, 15) is 0 Å². The third-order valence-electron chi connectivity index (χ3n) is 2.14. The normalized spacial score (nSPS) is 10.8. The van der Waals surface area contributed by atoms with Crippen molar-refractivity contribution in [3.8, 4) is 0 Å². The van der Waals surface area contributed by atoms with Crippen molar-refractivity contribution in [2.75, 3.05) is 0 Å². The molecule has 0 atom stereocenters. The first-order chi connectivity index (χ1) is 7.92. The van der Waals surface area contributed by atoms with E-state index in [4.69, 9.17) is 0 Å². The summed E-state index contributed by atoms with van der Waals surface area (Å²) in [4.78, 5) is 16.7. The molecule has 2 heterocycles. The maximum atomic E-state index is 4.17. The number of aromatic amines is 1. The molecule has 16 heavy (non-hydrogen) atoms. The summed E-state index contributed by atoms with van der Waals surface area (Å²) < 4.78 is 0. The number of benzene rings is 1. The van der Waals surface area contributed by atoms with Gasteiger partial charge in [0, 0.05) is 17.3 Å². The van der Waals surface area contributed by atoms with Gasteiger partial charge in [-0.15, -0.1) is 0 Å². The number of aromatic nitrogens is 4. The van der Waals surface area contributed by atoms with Crippen molar-refractivity contribution < 1.29 is 0 Å². The van der Waals surface area contributed by atoms with Gasteiger partial charge in [0.1, 0.15) is 0 Å². The molecule has 0 bridgehead atoms. The number of nitrogens with one attached hydrogen (secondary N) is 1. The van der Waals surface area contributed by atoms with Gasteiger partial charge in [0.2, 0.25) is 0 Å². The molecule has 0 radical (unpaired) electrons. The van der Waals surface area contributed by atoms with Crippen molar-refractivity contribution in [3.63, 3.8) is 0 Å². The predicted molar refractivity (Wildman–Crippen MR) is 62.2 cm³/mol. The van der Waals surface area contributed by atoms with Crippen LogP contribution in [0.4, 0.5) is 0 Å². The molecule has 5 heteroatoms. The van der Waals surface area contributed by atoms with Crippen molar-refractivity contribution in [3.05, 3.63) is 43.0 Å². The van der Waals surface area contributed by atoms with Crippen LogP contribution < -0.4 is 0 Å². The molecule has 0 spiro atoms. The fraction of sp³-hybridized carbons (Fsp3) is 0. The summed E-state index contributed by atoms with van der Waals surface area (Å²) in [6.07, 6.45) is 5.17. The van der Waals surface area contributed by atoms with Gasteiger partial charge in [-0.05, 0) is 36.0 Å². The summed E-state index contributed by atoms with van der Waals surface area (Å²) in [5.74, 6) is 0. The van der Waals surface area contributed by atoms with E-state index in [1.54, 1.807) is 18.7 Å². The van der Waals surface area contributed by atoms with Gasteiger partial charge in [0.25, 0.3) is 0 Å². The summed E-state index contributed by atoms with van der Waals surface area (Å²) in [6.45, 7) is 0. The Morgan fingerprint density at radius 3 is 2.81 bits per heavy atom. The van der Waals surface area contributed by atoms with E-state index >= 15 is 0 Å². The van der Waals surface area contributed by atoms with Crippen LogP contribution in [0, 0.1) is 0 Å². The zero-order chi connectivity index (χ0) is 10.8. The minimum Gasteiger partial charge on any atom is -0.345 e. The van der Waals surface area contributed by atoms with Gasteiger partial charge in [0.05, 0.1) is 17.4 Å². The Balaban J connectivity index is 1.94. The Hall–Kier alpha value is -1.88. The van der Waals surface area contributed by atoms with Crippen LogP contribution in [0.5, 0.6) is 0 Å². The molecule has 3 rings (SSSR count). The van der Waals surface area contributed by atoms with E-state index in [2.05, 4.69) is 19.9 Å². The monoisotopic (exact) mass is 228 g/mol. The third-order valence-corrected chi connectivity index (χ3v) is 3.03. The van der Waals surface area contributed by atoms with Crippen molar-refractivity contribution in [2.24, 2.45) is 0 Å². The number of fused-ring (bicyclic) bond motifs is 1. The highest BCUT2D eigenvalue weighted by atomic mass is 32.2. The lowest BCUT2D eigenvalue weighted by Gasteiger charge is -1.98. The maximum absolute atomic E-state index is 4.17. The number of rotatable bonds is 2. The fourth-order valence-corrected chi connectivity index (χ4v) is 2.17. The molecule has 0 aliphatic carbocycles. The molecule has 3 aromatic rings. The molecule has 0 amide bonds. The number of hydrogen-bond acceptors (Lipinski definition) is 4. The zero-order valence-corrected chi connectivity index (χ0v) is 9.11. The lowest BCUT2D eigenvalue weighted by atomic mass is 10.3. The molecule has 78 valence electrons. The van der Waals surface area contributed by atoms with Crippen LogP contribution in [0.2, 0.25) is 0 Å². The Morgan fingerprint density at radius 2 is 1.94 bits per heavy atom. The Kier molecular flexibility index (Phi) is 2.30.